The number of benzene rings is 2. The van der Waals surface area contributed by atoms with E-state index in [1.165, 1.54) is 4.31 Å². The van der Waals surface area contributed by atoms with Gasteiger partial charge in [0.15, 0.2) is 0 Å². The van der Waals surface area contributed by atoms with Gasteiger partial charge in [-0.2, -0.15) is 4.31 Å². The Labute approximate surface area is 180 Å². The number of halogens is 1. The SMILES string of the molecule is COc1ccc(CNC(=O)C2(C)CCN(S(=O)(=O)c3ccc(Br)cc3)CC2)cc1. The van der Waals surface area contributed by atoms with Gasteiger partial charge in [-0.05, 0) is 54.8 Å². The van der Waals surface area contributed by atoms with Gasteiger partial charge in [0.25, 0.3) is 0 Å². The van der Waals surface area contributed by atoms with Gasteiger partial charge in [-0.1, -0.05) is 35.0 Å². The zero-order valence-corrected chi connectivity index (χ0v) is 18.9. The summed E-state index contributed by atoms with van der Waals surface area (Å²) in [7, 11) is -1.94. The highest BCUT2D eigenvalue weighted by Crippen LogP contribution is 2.33. The molecule has 1 N–H and O–H groups in total. The third-order valence-electron chi connectivity index (χ3n) is 5.44. The summed E-state index contributed by atoms with van der Waals surface area (Å²) < 4.78 is 33.1. The summed E-state index contributed by atoms with van der Waals surface area (Å²) in [6.45, 7) is 2.98. The smallest absolute Gasteiger partial charge is 0.243 e. The van der Waals surface area contributed by atoms with Gasteiger partial charge >= 0.3 is 0 Å². The Hall–Kier alpha value is -1.90. The van der Waals surface area contributed by atoms with Crippen LogP contribution >= 0.6 is 15.9 Å². The number of hydrogen-bond acceptors (Lipinski definition) is 4. The lowest BCUT2D eigenvalue weighted by Crippen LogP contribution is -2.48. The van der Waals surface area contributed by atoms with E-state index in [0.29, 0.717) is 32.5 Å². The zero-order chi connectivity index (χ0) is 21.1. The van der Waals surface area contributed by atoms with Crippen LogP contribution in [0.5, 0.6) is 5.75 Å². The highest BCUT2D eigenvalue weighted by atomic mass is 79.9. The molecule has 29 heavy (non-hydrogen) atoms. The van der Waals surface area contributed by atoms with Gasteiger partial charge in [0.05, 0.1) is 12.0 Å². The molecule has 2 aromatic rings. The average molecular weight is 481 g/mol. The Balaban J connectivity index is 1.58. The van der Waals surface area contributed by atoms with E-state index in [1.54, 1.807) is 31.4 Å². The molecule has 0 aliphatic carbocycles. The van der Waals surface area contributed by atoms with Crippen LogP contribution in [-0.4, -0.2) is 38.8 Å². The van der Waals surface area contributed by atoms with Gasteiger partial charge < -0.3 is 10.1 Å². The molecule has 8 heteroatoms. The molecule has 1 aliphatic heterocycles. The molecule has 0 radical (unpaired) electrons. The van der Waals surface area contributed by atoms with Crippen molar-refractivity contribution in [1.82, 2.24) is 9.62 Å². The number of piperidine rings is 1. The van der Waals surface area contributed by atoms with E-state index in [0.717, 1.165) is 15.8 Å². The van der Waals surface area contributed by atoms with Crippen molar-refractivity contribution in [2.24, 2.45) is 5.41 Å². The second-order valence-corrected chi connectivity index (χ2v) is 10.3. The maximum absolute atomic E-state index is 12.8. The Bertz CT molecular complexity index is 951. The van der Waals surface area contributed by atoms with Crippen LogP contribution in [0.2, 0.25) is 0 Å². The predicted octanol–water partition coefficient (Wildman–Crippen LogP) is 3.56. The van der Waals surface area contributed by atoms with E-state index in [2.05, 4.69) is 21.2 Å². The first kappa shape index (κ1) is 21.8. The van der Waals surface area contributed by atoms with E-state index in [-0.39, 0.29) is 10.8 Å². The molecular formula is C21H25BrN2O4S. The first-order valence-electron chi connectivity index (χ1n) is 9.41. The Morgan fingerprint density at radius 2 is 1.69 bits per heavy atom. The van der Waals surface area contributed by atoms with Crippen molar-refractivity contribution in [3.05, 3.63) is 58.6 Å². The standard InChI is InChI=1S/C21H25BrN2O4S/c1-21(20(25)23-15-16-3-7-18(28-2)8-4-16)11-13-24(14-12-21)29(26,27)19-9-5-17(22)6-10-19/h3-10H,11-15H2,1-2H3,(H,23,25). The minimum absolute atomic E-state index is 0.0472. The second-order valence-electron chi connectivity index (χ2n) is 7.45. The predicted molar refractivity (Wildman–Crippen MR) is 115 cm³/mol. The molecule has 1 saturated heterocycles. The maximum Gasteiger partial charge on any atom is 0.243 e. The summed E-state index contributed by atoms with van der Waals surface area (Å²) in [4.78, 5) is 13.0. The monoisotopic (exact) mass is 480 g/mol. The number of methoxy groups -OCH3 is 1. The summed E-state index contributed by atoms with van der Waals surface area (Å²) in [6, 6.07) is 14.2. The lowest BCUT2D eigenvalue weighted by molar-refractivity contribution is -0.132. The minimum Gasteiger partial charge on any atom is -0.497 e. The molecule has 0 unspecified atom stereocenters. The van der Waals surface area contributed by atoms with Crippen LogP contribution in [0, 0.1) is 5.41 Å². The van der Waals surface area contributed by atoms with Crippen molar-refractivity contribution in [1.29, 1.82) is 0 Å². The molecule has 1 aliphatic rings. The minimum atomic E-state index is -3.55. The molecule has 0 saturated carbocycles. The molecular weight excluding hydrogens is 456 g/mol. The lowest BCUT2D eigenvalue weighted by atomic mass is 9.80. The highest BCUT2D eigenvalue weighted by Gasteiger charge is 2.40. The second kappa shape index (κ2) is 8.85. The molecule has 6 nitrogen and oxygen atoms in total. The van der Waals surface area contributed by atoms with E-state index in [4.69, 9.17) is 4.74 Å². The van der Waals surface area contributed by atoms with Gasteiger partial charge in [0.1, 0.15) is 5.75 Å². The van der Waals surface area contributed by atoms with E-state index >= 15 is 0 Å². The number of amides is 1. The Morgan fingerprint density at radius 3 is 2.24 bits per heavy atom. The lowest BCUT2D eigenvalue weighted by Gasteiger charge is -2.37. The molecule has 0 bridgehead atoms. The number of ether oxygens (including phenoxy) is 1. The summed E-state index contributed by atoms with van der Waals surface area (Å²) >= 11 is 3.32. The first-order chi connectivity index (χ1) is 13.7. The summed E-state index contributed by atoms with van der Waals surface area (Å²) in [5.41, 5.74) is 0.399. The van der Waals surface area contributed by atoms with Gasteiger partial charge in [-0.25, -0.2) is 8.42 Å². The van der Waals surface area contributed by atoms with Crippen LogP contribution in [0.4, 0.5) is 0 Å². The third-order valence-corrected chi connectivity index (χ3v) is 7.88. The molecule has 0 spiro atoms. The average Bonchev–Trinajstić information content (AvgIpc) is 2.73. The van der Waals surface area contributed by atoms with Crippen molar-refractivity contribution >= 4 is 31.9 Å². The molecule has 1 heterocycles. The molecule has 1 fully saturated rings. The molecule has 156 valence electrons. The van der Waals surface area contributed by atoms with Crippen molar-refractivity contribution in [3.63, 3.8) is 0 Å². The van der Waals surface area contributed by atoms with Gasteiger partial charge in [0, 0.05) is 29.5 Å². The maximum atomic E-state index is 12.8. The quantitative estimate of drug-likeness (QED) is 0.685. The van der Waals surface area contributed by atoms with E-state index in [9.17, 15) is 13.2 Å². The summed E-state index contributed by atoms with van der Waals surface area (Å²) in [6.07, 6.45) is 0.967. The molecule has 1 amide bonds. The number of hydrogen-bond donors (Lipinski definition) is 1. The number of sulfonamides is 1. The molecule has 0 atom stereocenters. The molecule has 3 rings (SSSR count). The fourth-order valence-corrected chi connectivity index (χ4v) is 5.05. The van der Waals surface area contributed by atoms with Gasteiger partial charge in [-0.15, -0.1) is 0 Å². The molecule has 2 aromatic carbocycles. The van der Waals surface area contributed by atoms with Crippen molar-refractivity contribution in [2.75, 3.05) is 20.2 Å². The number of carbonyl (C=O) groups excluding carboxylic acids is 1. The third kappa shape index (κ3) is 4.99. The molecule has 0 aromatic heterocycles. The number of carbonyl (C=O) groups is 1. The van der Waals surface area contributed by atoms with Crippen LogP contribution in [0.3, 0.4) is 0 Å². The van der Waals surface area contributed by atoms with Crippen LogP contribution in [0.1, 0.15) is 25.3 Å². The fourth-order valence-electron chi connectivity index (χ4n) is 3.34. The van der Waals surface area contributed by atoms with Crippen molar-refractivity contribution in [2.45, 2.75) is 31.2 Å². The van der Waals surface area contributed by atoms with Crippen LogP contribution in [0.25, 0.3) is 0 Å². The van der Waals surface area contributed by atoms with Gasteiger partial charge in [-0.3, -0.25) is 4.79 Å². The number of nitrogens with zero attached hydrogens (tertiary/aromatic N) is 1. The number of nitrogens with one attached hydrogen (secondary N) is 1. The van der Waals surface area contributed by atoms with Crippen LogP contribution in [0.15, 0.2) is 57.9 Å². The fraction of sp³-hybridized carbons (Fsp3) is 0.381. The Morgan fingerprint density at radius 1 is 1.10 bits per heavy atom. The largest absolute Gasteiger partial charge is 0.497 e. The summed E-state index contributed by atoms with van der Waals surface area (Å²) in [5, 5.41) is 2.99. The Kier molecular flexibility index (Phi) is 6.65. The summed E-state index contributed by atoms with van der Waals surface area (Å²) in [5.74, 6) is 0.723. The van der Waals surface area contributed by atoms with E-state index in [1.807, 2.05) is 31.2 Å². The zero-order valence-electron chi connectivity index (χ0n) is 16.5. The van der Waals surface area contributed by atoms with Crippen LogP contribution < -0.4 is 10.1 Å². The van der Waals surface area contributed by atoms with Crippen molar-refractivity contribution in [3.8, 4) is 5.75 Å². The highest BCUT2D eigenvalue weighted by molar-refractivity contribution is 9.10. The topological polar surface area (TPSA) is 75.7 Å². The normalized spacial score (nSPS) is 16.9. The van der Waals surface area contributed by atoms with Crippen molar-refractivity contribution < 1.29 is 17.9 Å². The number of rotatable bonds is 6. The first-order valence-corrected chi connectivity index (χ1v) is 11.6. The van der Waals surface area contributed by atoms with Crippen LogP contribution in [-0.2, 0) is 21.4 Å². The van der Waals surface area contributed by atoms with Gasteiger partial charge in [0.2, 0.25) is 15.9 Å². The van der Waals surface area contributed by atoms with E-state index < -0.39 is 15.4 Å².